The molecule has 2 heterocycles. The van der Waals surface area contributed by atoms with Crippen LogP contribution in [0.5, 0.6) is 5.75 Å². The van der Waals surface area contributed by atoms with Gasteiger partial charge in [-0.25, -0.2) is 4.79 Å². The standard InChI is InChI=1S/C28H28N2O3.ClH/c1-32-28(31)30-13-12-21(33-20-11-10-18-16-29-17-19(18)14-20)15-26(30)27-24-8-4-2-6-22(24)23-7-3-5-9-25(23)27;/h2-11,14,21,26-27,29H,12-13,15-17H2,1H3;1H. The molecule has 5 nitrogen and oxygen atoms in total. The van der Waals surface area contributed by atoms with Crippen LogP contribution in [0.1, 0.15) is 41.0 Å². The maximum Gasteiger partial charge on any atom is 0.409 e. The lowest BCUT2D eigenvalue weighted by molar-refractivity contribution is 0.0414. The minimum atomic E-state index is -0.260. The zero-order valence-corrected chi connectivity index (χ0v) is 20.0. The molecule has 0 radical (unpaired) electrons. The number of hydrogen-bond donors (Lipinski definition) is 1. The molecule has 3 aliphatic rings. The minimum Gasteiger partial charge on any atom is -0.490 e. The molecule has 1 fully saturated rings. The van der Waals surface area contributed by atoms with Crippen molar-refractivity contribution in [1.29, 1.82) is 0 Å². The minimum absolute atomic E-state index is 0. The molecular weight excluding hydrogens is 448 g/mol. The van der Waals surface area contributed by atoms with Gasteiger partial charge in [-0.05, 0) is 45.5 Å². The van der Waals surface area contributed by atoms with Gasteiger partial charge in [-0.2, -0.15) is 0 Å². The highest BCUT2D eigenvalue weighted by Crippen LogP contribution is 2.49. The van der Waals surface area contributed by atoms with Crippen LogP contribution >= 0.6 is 12.4 Å². The lowest BCUT2D eigenvalue weighted by Gasteiger charge is -2.42. The Morgan fingerprint density at radius 2 is 1.62 bits per heavy atom. The summed E-state index contributed by atoms with van der Waals surface area (Å²) in [6, 6.07) is 23.5. The summed E-state index contributed by atoms with van der Waals surface area (Å²) >= 11 is 0. The van der Waals surface area contributed by atoms with Crippen molar-refractivity contribution in [2.24, 2.45) is 0 Å². The van der Waals surface area contributed by atoms with Crippen molar-refractivity contribution in [2.75, 3.05) is 13.7 Å². The van der Waals surface area contributed by atoms with E-state index in [1.54, 1.807) is 0 Å². The first kappa shape index (κ1) is 22.8. The van der Waals surface area contributed by atoms with Gasteiger partial charge in [0, 0.05) is 44.4 Å². The van der Waals surface area contributed by atoms with Crippen molar-refractivity contribution in [1.82, 2.24) is 10.2 Å². The number of nitrogens with one attached hydrogen (secondary N) is 1. The highest BCUT2D eigenvalue weighted by molar-refractivity contribution is 5.85. The maximum atomic E-state index is 12.8. The summed E-state index contributed by atoms with van der Waals surface area (Å²) in [7, 11) is 1.47. The summed E-state index contributed by atoms with van der Waals surface area (Å²) in [5.74, 6) is 1.02. The summed E-state index contributed by atoms with van der Waals surface area (Å²) in [5, 5.41) is 3.39. The van der Waals surface area contributed by atoms with Crippen molar-refractivity contribution in [2.45, 2.75) is 44.0 Å². The molecule has 34 heavy (non-hydrogen) atoms. The summed E-state index contributed by atoms with van der Waals surface area (Å²) < 4.78 is 11.7. The molecule has 0 aromatic heterocycles. The number of nitrogens with zero attached hydrogens (tertiary/aromatic N) is 1. The molecule has 0 spiro atoms. The van der Waals surface area contributed by atoms with Gasteiger partial charge >= 0.3 is 6.09 Å². The topological polar surface area (TPSA) is 50.8 Å². The predicted molar refractivity (Wildman–Crippen MR) is 135 cm³/mol. The number of carbonyl (C=O) groups excluding carboxylic acids is 1. The largest absolute Gasteiger partial charge is 0.490 e. The molecular formula is C28H29ClN2O3. The summed E-state index contributed by atoms with van der Waals surface area (Å²) in [4.78, 5) is 14.7. The normalized spacial score (nSPS) is 20.7. The molecule has 1 aliphatic carbocycles. The third kappa shape index (κ3) is 3.83. The Kier molecular flexibility index (Phi) is 6.24. The van der Waals surface area contributed by atoms with E-state index in [1.165, 1.54) is 40.5 Å². The number of rotatable bonds is 3. The van der Waals surface area contributed by atoms with Gasteiger partial charge in [-0.1, -0.05) is 54.6 Å². The Labute approximate surface area is 206 Å². The number of amides is 1. The Bertz CT molecular complexity index is 1170. The Balaban J connectivity index is 0.00000241. The highest BCUT2D eigenvalue weighted by atomic mass is 35.5. The van der Waals surface area contributed by atoms with Gasteiger partial charge < -0.3 is 19.7 Å². The van der Waals surface area contributed by atoms with Crippen LogP contribution in [0.25, 0.3) is 11.1 Å². The first-order valence-corrected chi connectivity index (χ1v) is 11.7. The fourth-order valence-corrected chi connectivity index (χ4v) is 5.88. The van der Waals surface area contributed by atoms with E-state index in [2.05, 4.69) is 72.0 Å². The van der Waals surface area contributed by atoms with Gasteiger partial charge in [0.15, 0.2) is 0 Å². The molecule has 1 amide bonds. The third-order valence-corrected chi connectivity index (χ3v) is 7.38. The molecule has 0 saturated carbocycles. The SMILES string of the molecule is COC(=O)N1CCC(Oc2ccc3c(c2)CNC3)CC1C1c2ccccc2-c2ccccc21.Cl. The fraction of sp³-hybridized carbons (Fsp3) is 0.321. The molecule has 1 saturated heterocycles. The molecule has 6 rings (SSSR count). The van der Waals surface area contributed by atoms with Crippen molar-refractivity contribution in [3.63, 3.8) is 0 Å². The molecule has 6 heteroatoms. The van der Waals surface area contributed by atoms with Crippen LogP contribution in [0.2, 0.25) is 0 Å². The molecule has 2 aliphatic heterocycles. The van der Waals surface area contributed by atoms with Crippen molar-refractivity contribution in [3.05, 3.63) is 89.0 Å². The average Bonchev–Trinajstić information content (AvgIpc) is 3.45. The quantitative estimate of drug-likeness (QED) is 0.542. The van der Waals surface area contributed by atoms with E-state index in [1.807, 2.05) is 4.90 Å². The number of carbonyl (C=O) groups is 1. The molecule has 3 aromatic carbocycles. The number of likely N-dealkylation sites (tertiary alicyclic amines) is 1. The fourth-order valence-electron chi connectivity index (χ4n) is 5.88. The lowest BCUT2D eigenvalue weighted by Crippen LogP contribution is -2.51. The second-order valence-corrected chi connectivity index (χ2v) is 9.18. The maximum absolute atomic E-state index is 12.8. The van der Waals surface area contributed by atoms with Crippen molar-refractivity contribution < 1.29 is 14.3 Å². The van der Waals surface area contributed by atoms with E-state index < -0.39 is 0 Å². The van der Waals surface area contributed by atoms with Crippen LogP contribution in [0.3, 0.4) is 0 Å². The monoisotopic (exact) mass is 476 g/mol. The second kappa shape index (κ2) is 9.32. The van der Waals surface area contributed by atoms with Gasteiger partial charge in [0.2, 0.25) is 0 Å². The van der Waals surface area contributed by atoms with Crippen LogP contribution in [0.15, 0.2) is 66.7 Å². The van der Waals surface area contributed by atoms with Crippen molar-refractivity contribution >= 4 is 18.5 Å². The smallest absolute Gasteiger partial charge is 0.409 e. The third-order valence-electron chi connectivity index (χ3n) is 7.38. The van der Waals surface area contributed by atoms with E-state index >= 15 is 0 Å². The number of fused-ring (bicyclic) bond motifs is 4. The molecule has 2 unspecified atom stereocenters. The highest BCUT2D eigenvalue weighted by Gasteiger charge is 2.43. The molecule has 2 atom stereocenters. The van der Waals surface area contributed by atoms with E-state index in [9.17, 15) is 4.79 Å². The van der Waals surface area contributed by atoms with Crippen LogP contribution in [-0.4, -0.2) is 36.8 Å². The lowest BCUT2D eigenvalue weighted by atomic mass is 9.83. The van der Waals surface area contributed by atoms with E-state index in [-0.39, 0.29) is 36.6 Å². The molecule has 0 bridgehead atoms. The van der Waals surface area contributed by atoms with Crippen LogP contribution < -0.4 is 10.1 Å². The number of benzene rings is 3. The number of piperidine rings is 1. The summed E-state index contributed by atoms with van der Waals surface area (Å²) in [6.45, 7) is 2.44. The summed E-state index contributed by atoms with van der Waals surface area (Å²) in [5.41, 5.74) is 7.74. The Hall–Kier alpha value is -3.02. The number of halogens is 1. The zero-order valence-electron chi connectivity index (χ0n) is 19.2. The average molecular weight is 477 g/mol. The predicted octanol–water partition coefficient (Wildman–Crippen LogP) is 5.50. The zero-order chi connectivity index (χ0) is 22.4. The Morgan fingerprint density at radius 3 is 2.32 bits per heavy atom. The van der Waals surface area contributed by atoms with Gasteiger partial charge in [-0.15, -0.1) is 12.4 Å². The number of ether oxygens (including phenoxy) is 2. The van der Waals surface area contributed by atoms with Gasteiger partial charge in [0.1, 0.15) is 11.9 Å². The van der Waals surface area contributed by atoms with Gasteiger partial charge in [0.05, 0.1) is 7.11 Å². The Morgan fingerprint density at radius 1 is 0.941 bits per heavy atom. The van der Waals surface area contributed by atoms with E-state index in [0.29, 0.717) is 6.54 Å². The number of hydrogen-bond acceptors (Lipinski definition) is 4. The molecule has 3 aromatic rings. The molecule has 1 N–H and O–H groups in total. The molecule has 176 valence electrons. The van der Waals surface area contributed by atoms with Crippen molar-refractivity contribution in [3.8, 4) is 16.9 Å². The van der Waals surface area contributed by atoms with E-state index in [4.69, 9.17) is 9.47 Å². The van der Waals surface area contributed by atoms with Crippen LogP contribution in [-0.2, 0) is 17.8 Å². The first-order chi connectivity index (χ1) is 16.2. The number of methoxy groups -OCH3 is 1. The van der Waals surface area contributed by atoms with Gasteiger partial charge in [-0.3, -0.25) is 0 Å². The second-order valence-electron chi connectivity index (χ2n) is 9.18. The summed E-state index contributed by atoms with van der Waals surface area (Å²) in [6.07, 6.45) is 1.33. The first-order valence-electron chi connectivity index (χ1n) is 11.7. The van der Waals surface area contributed by atoms with Crippen LogP contribution in [0, 0.1) is 0 Å². The van der Waals surface area contributed by atoms with Gasteiger partial charge in [0.25, 0.3) is 0 Å². The van der Waals surface area contributed by atoms with E-state index in [0.717, 1.165) is 31.7 Å². The van der Waals surface area contributed by atoms with Crippen LogP contribution in [0.4, 0.5) is 4.79 Å².